The summed E-state index contributed by atoms with van der Waals surface area (Å²) in [6.07, 6.45) is 3.75. The summed E-state index contributed by atoms with van der Waals surface area (Å²) >= 11 is 2.24. The van der Waals surface area contributed by atoms with Gasteiger partial charge in [-0.3, -0.25) is 4.79 Å². The number of anilines is 1. The van der Waals surface area contributed by atoms with Crippen molar-refractivity contribution in [2.75, 3.05) is 5.32 Å². The van der Waals surface area contributed by atoms with E-state index in [0.29, 0.717) is 0 Å². The molecule has 4 heteroatoms. The standard InChI is InChI=1S/C13H17IN2O/c14-10-2-1-3-12(8-10)16-13(17)9-4-6-11(15)7-5-9/h1-3,8-9,11H,4-7,15H2,(H,16,17). The highest BCUT2D eigenvalue weighted by atomic mass is 127. The highest BCUT2D eigenvalue weighted by Gasteiger charge is 2.24. The monoisotopic (exact) mass is 344 g/mol. The summed E-state index contributed by atoms with van der Waals surface area (Å²) in [5, 5.41) is 2.98. The van der Waals surface area contributed by atoms with Crippen LogP contribution >= 0.6 is 22.6 Å². The van der Waals surface area contributed by atoms with Gasteiger partial charge in [-0.05, 0) is 66.5 Å². The van der Waals surface area contributed by atoms with E-state index >= 15 is 0 Å². The van der Waals surface area contributed by atoms with Gasteiger partial charge in [0.15, 0.2) is 0 Å². The molecule has 0 aliphatic heterocycles. The molecule has 3 N–H and O–H groups in total. The molecular weight excluding hydrogens is 327 g/mol. The van der Waals surface area contributed by atoms with Gasteiger partial charge >= 0.3 is 0 Å². The Morgan fingerprint density at radius 3 is 2.65 bits per heavy atom. The van der Waals surface area contributed by atoms with Crippen LogP contribution in [0, 0.1) is 9.49 Å². The average Bonchev–Trinajstić information content (AvgIpc) is 2.29. The van der Waals surface area contributed by atoms with Gasteiger partial charge in [0.25, 0.3) is 0 Å². The van der Waals surface area contributed by atoms with Crippen molar-refractivity contribution in [2.24, 2.45) is 11.7 Å². The summed E-state index contributed by atoms with van der Waals surface area (Å²) in [5.74, 6) is 0.270. The first-order valence-electron chi connectivity index (χ1n) is 5.97. The van der Waals surface area contributed by atoms with Gasteiger partial charge in [0.1, 0.15) is 0 Å². The van der Waals surface area contributed by atoms with Crippen molar-refractivity contribution in [1.29, 1.82) is 0 Å². The Morgan fingerprint density at radius 2 is 2.00 bits per heavy atom. The summed E-state index contributed by atoms with van der Waals surface area (Å²) < 4.78 is 1.13. The minimum atomic E-state index is 0.132. The lowest BCUT2D eigenvalue weighted by Gasteiger charge is -2.25. The molecule has 3 nitrogen and oxygen atoms in total. The lowest BCUT2D eigenvalue weighted by molar-refractivity contribution is -0.120. The van der Waals surface area contributed by atoms with Gasteiger partial charge in [0.2, 0.25) is 5.91 Å². The number of amides is 1. The first-order valence-corrected chi connectivity index (χ1v) is 7.05. The summed E-state index contributed by atoms with van der Waals surface area (Å²) in [7, 11) is 0. The van der Waals surface area contributed by atoms with E-state index in [4.69, 9.17) is 5.73 Å². The molecule has 0 bridgehead atoms. The fraction of sp³-hybridized carbons (Fsp3) is 0.462. The highest BCUT2D eigenvalue weighted by Crippen LogP contribution is 2.24. The van der Waals surface area contributed by atoms with Crippen LogP contribution in [0.25, 0.3) is 0 Å². The number of halogens is 1. The fourth-order valence-electron chi connectivity index (χ4n) is 2.19. The third-order valence-corrected chi connectivity index (χ3v) is 3.91. The van der Waals surface area contributed by atoms with Gasteiger partial charge in [0.05, 0.1) is 0 Å². The maximum atomic E-state index is 12.0. The quantitative estimate of drug-likeness (QED) is 0.811. The molecule has 1 aromatic carbocycles. The zero-order valence-corrected chi connectivity index (χ0v) is 11.8. The molecule has 1 aromatic rings. The van der Waals surface area contributed by atoms with Gasteiger partial charge in [-0.1, -0.05) is 6.07 Å². The second kappa shape index (κ2) is 5.82. The highest BCUT2D eigenvalue weighted by molar-refractivity contribution is 14.1. The molecule has 0 heterocycles. The number of nitrogens with one attached hydrogen (secondary N) is 1. The molecule has 1 saturated carbocycles. The van der Waals surface area contributed by atoms with Gasteiger partial charge in [-0.15, -0.1) is 0 Å². The van der Waals surface area contributed by atoms with E-state index in [2.05, 4.69) is 27.9 Å². The van der Waals surface area contributed by atoms with Crippen molar-refractivity contribution in [3.63, 3.8) is 0 Å². The molecule has 92 valence electrons. The first-order chi connectivity index (χ1) is 8.15. The van der Waals surface area contributed by atoms with Gasteiger partial charge in [-0.2, -0.15) is 0 Å². The normalized spacial score (nSPS) is 24.4. The second-order valence-electron chi connectivity index (χ2n) is 4.61. The number of nitrogens with two attached hydrogens (primary N) is 1. The van der Waals surface area contributed by atoms with E-state index in [0.717, 1.165) is 34.9 Å². The van der Waals surface area contributed by atoms with E-state index in [1.54, 1.807) is 0 Å². The van der Waals surface area contributed by atoms with Crippen molar-refractivity contribution in [2.45, 2.75) is 31.7 Å². The largest absolute Gasteiger partial charge is 0.328 e. The Kier molecular flexibility index (Phi) is 4.39. The van der Waals surface area contributed by atoms with Crippen molar-refractivity contribution >= 4 is 34.2 Å². The summed E-state index contributed by atoms with van der Waals surface area (Å²) in [5.41, 5.74) is 6.72. The maximum absolute atomic E-state index is 12.0. The molecule has 1 fully saturated rings. The summed E-state index contributed by atoms with van der Waals surface area (Å²) in [6.45, 7) is 0. The van der Waals surface area contributed by atoms with E-state index in [1.807, 2.05) is 24.3 Å². The number of carbonyl (C=O) groups excluding carboxylic acids is 1. The topological polar surface area (TPSA) is 55.1 Å². The third-order valence-electron chi connectivity index (χ3n) is 3.23. The lowest BCUT2D eigenvalue weighted by atomic mass is 9.86. The van der Waals surface area contributed by atoms with Crippen LogP contribution in [-0.4, -0.2) is 11.9 Å². The van der Waals surface area contributed by atoms with Gasteiger partial charge in [0, 0.05) is 21.2 Å². The number of rotatable bonds is 2. The van der Waals surface area contributed by atoms with Gasteiger partial charge < -0.3 is 11.1 Å². The first kappa shape index (κ1) is 12.8. The van der Waals surface area contributed by atoms with E-state index < -0.39 is 0 Å². The maximum Gasteiger partial charge on any atom is 0.227 e. The number of hydrogen-bond acceptors (Lipinski definition) is 2. The molecule has 0 spiro atoms. The molecule has 0 saturated heterocycles. The van der Waals surface area contributed by atoms with E-state index in [-0.39, 0.29) is 17.9 Å². The second-order valence-corrected chi connectivity index (χ2v) is 5.86. The number of carbonyl (C=O) groups is 1. The Balaban J connectivity index is 1.93. The predicted octanol–water partition coefficient (Wildman–Crippen LogP) is 2.75. The molecule has 17 heavy (non-hydrogen) atoms. The molecule has 0 unspecified atom stereocenters. The molecule has 0 radical (unpaired) electrons. The third kappa shape index (κ3) is 3.67. The lowest BCUT2D eigenvalue weighted by Crippen LogP contribution is -2.32. The Labute approximate surface area is 115 Å². The fourth-order valence-corrected chi connectivity index (χ4v) is 2.74. The molecule has 0 aromatic heterocycles. The molecule has 0 atom stereocenters. The molecular formula is C13H17IN2O. The molecule has 1 aliphatic rings. The Bertz CT molecular complexity index is 400. The molecule has 1 amide bonds. The minimum absolute atomic E-state index is 0.132. The van der Waals surface area contributed by atoms with Crippen LogP contribution in [0.5, 0.6) is 0 Å². The van der Waals surface area contributed by atoms with Crippen LogP contribution in [-0.2, 0) is 4.79 Å². The van der Waals surface area contributed by atoms with E-state index in [9.17, 15) is 4.79 Å². The minimum Gasteiger partial charge on any atom is -0.328 e. The van der Waals surface area contributed by atoms with Crippen LogP contribution in [0.2, 0.25) is 0 Å². The smallest absolute Gasteiger partial charge is 0.227 e. The van der Waals surface area contributed by atoms with Crippen LogP contribution < -0.4 is 11.1 Å². The zero-order valence-electron chi connectivity index (χ0n) is 9.66. The predicted molar refractivity (Wildman–Crippen MR) is 77.7 cm³/mol. The van der Waals surface area contributed by atoms with Crippen molar-refractivity contribution < 1.29 is 4.79 Å². The Morgan fingerprint density at radius 1 is 1.29 bits per heavy atom. The molecule has 2 rings (SSSR count). The summed E-state index contributed by atoms with van der Waals surface area (Å²) in [4.78, 5) is 12.0. The van der Waals surface area contributed by atoms with Crippen molar-refractivity contribution in [1.82, 2.24) is 0 Å². The average molecular weight is 344 g/mol. The van der Waals surface area contributed by atoms with Crippen LogP contribution in [0.1, 0.15) is 25.7 Å². The zero-order chi connectivity index (χ0) is 12.3. The van der Waals surface area contributed by atoms with E-state index in [1.165, 1.54) is 0 Å². The Hall–Kier alpha value is -0.620. The van der Waals surface area contributed by atoms with Gasteiger partial charge in [-0.25, -0.2) is 0 Å². The van der Waals surface area contributed by atoms with Crippen LogP contribution in [0.4, 0.5) is 5.69 Å². The SMILES string of the molecule is NC1CCC(C(=O)Nc2cccc(I)c2)CC1. The van der Waals surface area contributed by atoms with Crippen molar-refractivity contribution in [3.05, 3.63) is 27.8 Å². The molecule has 1 aliphatic carbocycles. The van der Waals surface area contributed by atoms with Crippen LogP contribution in [0.3, 0.4) is 0 Å². The van der Waals surface area contributed by atoms with Crippen LogP contribution in [0.15, 0.2) is 24.3 Å². The number of benzene rings is 1. The summed E-state index contributed by atoms with van der Waals surface area (Å²) in [6, 6.07) is 8.16. The van der Waals surface area contributed by atoms with Crippen molar-refractivity contribution in [3.8, 4) is 0 Å². The number of hydrogen-bond donors (Lipinski definition) is 2.